The van der Waals surface area contributed by atoms with Gasteiger partial charge in [0.05, 0.1) is 0 Å². The van der Waals surface area contributed by atoms with Crippen molar-refractivity contribution in [2.24, 2.45) is 5.92 Å². The molecule has 0 aromatic heterocycles. The summed E-state index contributed by atoms with van der Waals surface area (Å²) in [4.78, 5) is 22.2. The van der Waals surface area contributed by atoms with Crippen molar-refractivity contribution in [2.45, 2.75) is 51.5 Å². The molecule has 0 aliphatic heterocycles. The summed E-state index contributed by atoms with van der Waals surface area (Å²) in [5.41, 5.74) is -1.16. The highest BCUT2D eigenvalue weighted by Crippen LogP contribution is 2.30. The maximum atomic E-state index is 11.4. The second-order valence-electron chi connectivity index (χ2n) is 4.81. The SMILES string of the molecule is CC(C)(NC(=O)CCC1CCC1)C(=O)O. The van der Waals surface area contributed by atoms with E-state index in [9.17, 15) is 9.59 Å². The zero-order valence-electron chi connectivity index (χ0n) is 9.38. The molecule has 2 N–H and O–H groups in total. The summed E-state index contributed by atoms with van der Waals surface area (Å²) in [6.45, 7) is 2.99. The molecule has 1 rings (SSSR count). The normalized spacial score (nSPS) is 16.9. The van der Waals surface area contributed by atoms with E-state index < -0.39 is 11.5 Å². The number of hydrogen-bond acceptors (Lipinski definition) is 2. The zero-order valence-corrected chi connectivity index (χ0v) is 9.38. The van der Waals surface area contributed by atoms with Gasteiger partial charge in [0.2, 0.25) is 5.91 Å². The van der Waals surface area contributed by atoms with E-state index in [1.54, 1.807) is 0 Å². The van der Waals surface area contributed by atoms with Gasteiger partial charge in [-0.05, 0) is 26.2 Å². The minimum atomic E-state index is -1.16. The number of hydrogen-bond donors (Lipinski definition) is 2. The third-order valence-corrected chi connectivity index (χ3v) is 2.99. The molecule has 0 aromatic carbocycles. The molecule has 4 heteroatoms. The third-order valence-electron chi connectivity index (χ3n) is 2.99. The van der Waals surface area contributed by atoms with Crippen molar-refractivity contribution >= 4 is 11.9 Å². The van der Waals surface area contributed by atoms with Gasteiger partial charge in [-0.1, -0.05) is 19.3 Å². The van der Waals surface area contributed by atoms with Crippen LogP contribution in [0.1, 0.15) is 46.0 Å². The van der Waals surface area contributed by atoms with Crippen molar-refractivity contribution in [3.63, 3.8) is 0 Å². The number of carboxylic acid groups (broad SMARTS) is 1. The van der Waals surface area contributed by atoms with Crippen LogP contribution in [0.15, 0.2) is 0 Å². The number of rotatable bonds is 5. The maximum absolute atomic E-state index is 11.4. The van der Waals surface area contributed by atoms with E-state index in [0.717, 1.165) is 6.42 Å². The fraction of sp³-hybridized carbons (Fsp3) is 0.818. The maximum Gasteiger partial charge on any atom is 0.328 e. The lowest BCUT2D eigenvalue weighted by atomic mass is 9.82. The van der Waals surface area contributed by atoms with Gasteiger partial charge in [-0.3, -0.25) is 4.79 Å². The van der Waals surface area contributed by atoms with E-state index in [1.807, 2.05) is 0 Å². The predicted molar refractivity (Wildman–Crippen MR) is 56.4 cm³/mol. The highest BCUT2D eigenvalue weighted by Gasteiger charge is 2.29. The van der Waals surface area contributed by atoms with Gasteiger partial charge in [-0.15, -0.1) is 0 Å². The lowest BCUT2D eigenvalue weighted by molar-refractivity contribution is -0.146. The van der Waals surface area contributed by atoms with Crippen molar-refractivity contribution in [3.05, 3.63) is 0 Å². The van der Waals surface area contributed by atoms with Crippen LogP contribution in [0.2, 0.25) is 0 Å². The Morgan fingerprint density at radius 2 is 2.00 bits per heavy atom. The number of amides is 1. The average molecular weight is 213 g/mol. The molecule has 86 valence electrons. The van der Waals surface area contributed by atoms with Crippen LogP contribution in [-0.2, 0) is 9.59 Å². The monoisotopic (exact) mass is 213 g/mol. The Hall–Kier alpha value is -1.06. The van der Waals surface area contributed by atoms with Crippen LogP contribution < -0.4 is 5.32 Å². The van der Waals surface area contributed by atoms with Crippen LogP contribution in [0.3, 0.4) is 0 Å². The fourth-order valence-electron chi connectivity index (χ4n) is 1.58. The van der Waals surface area contributed by atoms with E-state index >= 15 is 0 Å². The number of aliphatic carboxylic acids is 1. The van der Waals surface area contributed by atoms with E-state index in [-0.39, 0.29) is 5.91 Å². The standard InChI is InChI=1S/C11H19NO3/c1-11(2,10(14)15)12-9(13)7-6-8-4-3-5-8/h8H,3-7H2,1-2H3,(H,12,13)(H,14,15). The smallest absolute Gasteiger partial charge is 0.328 e. The van der Waals surface area contributed by atoms with E-state index in [2.05, 4.69) is 5.32 Å². The van der Waals surface area contributed by atoms with Crippen molar-refractivity contribution < 1.29 is 14.7 Å². The van der Waals surface area contributed by atoms with Gasteiger partial charge in [0, 0.05) is 6.42 Å². The summed E-state index contributed by atoms with van der Waals surface area (Å²) >= 11 is 0. The second kappa shape index (κ2) is 4.64. The van der Waals surface area contributed by atoms with Gasteiger partial charge in [0.1, 0.15) is 5.54 Å². The van der Waals surface area contributed by atoms with Crippen LogP contribution in [0.4, 0.5) is 0 Å². The van der Waals surface area contributed by atoms with Crippen molar-refractivity contribution in [2.75, 3.05) is 0 Å². The summed E-state index contributed by atoms with van der Waals surface area (Å²) in [5.74, 6) is -0.475. The lowest BCUT2D eigenvalue weighted by Gasteiger charge is -2.26. The Morgan fingerprint density at radius 1 is 1.40 bits per heavy atom. The molecule has 0 bridgehead atoms. The highest BCUT2D eigenvalue weighted by atomic mass is 16.4. The molecule has 0 atom stereocenters. The van der Waals surface area contributed by atoms with Gasteiger partial charge in [0.15, 0.2) is 0 Å². The molecule has 1 saturated carbocycles. The first kappa shape index (κ1) is 12.0. The van der Waals surface area contributed by atoms with Gasteiger partial charge in [-0.2, -0.15) is 0 Å². The zero-order chi connectivity index (χ0) is 11.5. The van der Waals surface area contributed by atoms with Crippen LogP contribution in [-0.4, -0.2) is 22.5 Å². The Balaban J connectivity index is 2.25. The quantitative estimate of drug-likeness (QED) is 0.728. The molecule has 1 aliphatic carbocycles. The van der Waals surface area contributed by atoms with Crippen molar-refractivity contribution in [3.8, 4) is 0 Å². The van der Waals surface area contributed by atoms with Crippen LogP contribution in [0.5, 0.6) is 0 Å². The predicted octanol–water partition coefficient (Wildman–Crippen LogP) is 1.55. The van der Waals surface area contributed by atoms with E-state index in [0.29, 0.717) is 12.3 Å². The molecule has 0 saturated heterocycles. The lowest BCUT2D eigenvalue weighted by Crippen LogP contribution is -2.49. The van der Waals surface area contributed by atoms with Gasteiger partial charge in [0.25, 0.3) is 0 Å². The molecule has 1 amide bonds. The largest absolute Gasteiger partial charge is 0.480 e. The van der Waals surface area contributed by atoms with E-state index in [1.165, 1.54) is 33.1 Å². The molecule has 0 heterocycles. The molecule has 0 radical (unpaired) electrons. The Morgan fingerprint density at radius 3 is 2.40 bits per heavy atom. The van der Waals surface area contributed by atoms with Crippen molar-refractivity contribution in [1.82, 2.24) is 5.32 Å². The topological polar surface area (TPSA) is 66.4 Å². The molecule has 0 unspecified atom stereocenters. The summed E-state index contributed by atoms with van der Waals surface area (Å²) < 4.78 is 0. The number of nitrogens with one attached hydrogen (secondary N) is 1. The molecule has 15 heavy (non-hydrogen) atoms. The molecule has 1 aliphatic rings. The second-order valence-corrected chi connectivity index (χ2v) is 4.81. The molecular formula is C11H19NO3. The number of carboxylic acids is 1. The highest BCUT2D eigenvalue weighted by molar-refractivity contribution is 5.86. The molecule has 0 aromatic rings. The molecule has 0 spiro atoms. The minimum absolute atomic E-state index is 0.158. The van der Waals surface area contributed by atoms with Gasteiger partial charge >= 0.3 is 5.97 Å². The number of carbonyl (C=O) groups is 2. The molecular weight excluding hydrogens is 194 g/mol. The van der Waals surface area contributed by atoms with Gasteiger partial charge < -0.3 is 10.4 Å². The first-order chi connectivity index (χ1) is 6.92. The summed E-state index contributed by atoms with van der Waals surface area (Å²) in [6, 6.07) is 0. The summed E-state index contributed by atoms with van der Waals surface area (Å²) in [6.07, 6.45) is 5.04. The van der Waals surface area contributed by atoms with Crippen LogP contribution in [0, 0.1) is 5.92 Å². The summed E-state index contributed by atoms with van der Waals surface area (Å²) in [7, 11) is 0. The van der Waals surface area contributed by atoms with Gasteiger partial charge in [-0.25, -0.2) is 4.79 Å². The van der Waals surface area contributed by atoms with Crippen LogP contribution in [0.25, 0.3) is 0 Å². The average Bonchev–Trinajstić information content (AvgIpc) is 1.99. The fourth-order valence-corrected chi connectivity index (χ4v) is 1.58. The first-order valence-electron chi connectivity index (χ1n) is 5.46. The Labute approximate surface area is 90.0 Å². The first-order valence-corrected chi connectivity index (χ1v) is 5.46. The molecule has 4 nitrogen and oxygen atoms in total. The molecule has 1 fully saturated rings. The minimum Gasteiger partial charge on any atom is -0.480 e. The third kappa shape index (κ3) is 3.53. The van der Waals surface area contributed by atoms with E-state index in [4.69, 9.17) is 5.11 Å². The number of carbonyl (C=O) groups excluding carboxylic acids is 1. The summed E-state index contributed by atoms with van der Waals surface area (Å²) in [5, 5.41) is 11.3. The Bertz CT molecular complexity index is 257. The Kier molecular flexibility index (Phi) is 3.72. The van der Waals surface area contributed by atoms with Crippen LogP contribution >= 0.6 is 0 Å². The van der Waals surface area contributed by atoms with Crippen molar-refractivity contribution in [1.29, 1.82) is 0 Å².